The van der Waals surface area contributed by atoms with Crippen LogP contribution in [0.3, 0.4) is 0 Å². The summed E-state index contributed by atoms with van der Waals surface area (Å²) in [6, 6.07) is 7.16. The maximum atomic E-state index is 13.1. The average Bonchev–Trinajstić information content (AvgIpc) is 2.35. The molecule has 0 spiro atoms. The molecule has 0 aliphatic carbocycles. The van der Waals surface area contributed by atoms with Crippen LogP contribution in [0.25, 0.3) is 0 Å². The summed E-state index contributed by atoms with van der Waals surface area (Å²) in [7, 11) is 0. The molecule has 1 heterocycles. The number of pyridine rings is 1. The van der Waals surface area contributed by atoms with E-state index in [-0.39, 0.29) is 11.3 Å². The molecule has 0 unspecified atom stereocenters. The van der Waals surface area contributed by atoms with Gasteiger partial charge in [0.25, 0.3) is 5.91 Å². The number of aromatic nitrogens is 1. The smallest absolute Gasteiger partial charge is 0.257 e. The van der Waals surface area contributed by atoms with Gasteiger partial charge < -0.3 is 11.1 Å². The zero-order valence-corrected chi connectivity index (χ0v) is 9.77. The first-order valence-corrected chi connectivity index (χ1v) is 5.35. The normalized spacial score (nSPS) is 10.1. The Morgan fingerprint density at radius 1 is 1.33 bits per heavy atom. The topological polar surface area (TPSA) is 68.0 Å². The van der Waals surface area contributed by atoms with E-state index < -0.39 is 11.7 Å². The fourth-order valence-electron chi connectivity index (χ4n) is 1.47. The van der Waals surface area contributed by atoms with Crippen molar-refractivity contribution >= 4 is 17.3 Å². The van der Waals surface area contributed by atoms with E-state index in [1.165, 1.54) is 18.3 Å². The lowest BCUT2D eigenvalue weighted by atomic mass is 10.1. The monoisotopic (exact) mass is 245 g/mol. The summed E-state index contributed by atoms with van der Waals surface area (Å²) >= 11 is 0. The minimum atomic E-state index is -0.503. The number of nitrogens with two attached hydrogens (primary N) is 1. The molecule has 0 aliphatic rings. The van der Waals surface area contributed by atoms with Crippen LogP contribution in [0.1, 0.15) is 16.1 Å². The molecule has 18 heavy (non-hydrogen) atoms. The molecule has 0 radical (unpaired) electrons. The Hall–Kier alpha value is -2.43. The number of carbonyl (C=O) groups excluding carboxylic acids is 1. The number of aryl methyl sites for hydroxylation is 1. The second kappa shape index (κ2) is 4.83. The minimum absolute atomic E-state index is 0.107. The van der Waals surface area contributed by atoms with Crippen molar-refractivity contribution in [2.45, 2.75) is 6.92 Å². The molecule has 3 N–H and O–H groups in total. The molecule has 0 saturated heterocycles. The van der Waals surface area contributed by atoms with Crippen LogP contribution < -0.4 is 11.1 Å². The van der Waals surface area contributed by atoms with Crippen LogP contribution in [0.15, 0.2) is 36.5 Å². The number of hydrogen-bond acceptors (Lipinski definition) is 3. The number of nitrogen functional groups attached to an aromatic ring is 1. The quantitative estimate of drug-likeness (QED) is 0.798. The van der Waals surface area contributed by atoms with Gasteiger partial charge in [-0.25, -0.2) is 4.39 Å². The van der Waals surface area contributed by atoms with Gasteiger partial charge in [-0.2, -0.15) is 0 Å². The van der Waals surface area contributed by atoms with Gasteiger partial charge in [0.2, 0.25) is 0 Å². The third-order valence-corrected chi connectivity index (χ3v) is 2.43. The second-order valence-electron chi connectivity index (χ2n) is 3.87. The average molecular weight is 245 g/mol. The van der Waals surface area contributed by atoms with Crippen LogP contribution in [0.5, 0.6) is 0 Å². The molecule has 0 fully saturated rings. The van der Waals surface area contributed by atoms with Crippen molar-refractivity contribution in [3.63, 3.8) is 0 Å². The summed E-state index contributed by atoms with van der Waals surface area (Å²) in [4.78, 5) is 15.9. The Morgan fingerprint density at radius 3 is 2.78 bits per heavy atom. The van der Waals surface area contributed by atoms with Gasteiger partial charge in [-0.05, 0) is 37.3 Å². The summed E-state index contributed by atoms with van der Waals surface area (Å²) in [5.74, 6) is -0.964. The van der Waals surface area contributed by atoms with E-state index >= 15 is 0 Å². The van der Waals surface area contributed by atoms with Gasteiger partial charge in [0.15, 0.2) is 0 Å². The Bertz CT molecular complexity index is 581. The molecule has 1 aromatic carbocycles. The van der Waals surface area contributed by atoms with E-state index in [9.17, 15) is 9.18 Å². The minimum Gasteiger partial charge on any atom is -0.398 e. The maximum Gasteiger partial charge on any atom is 0.257 e. The van der Waals surface area contributed by atoms with Crippen LogP contribution in [-0.2, 0) is 0 Å². The van der Waals surface area contributed by atoms with Crippen molar-refractivity contribution < 1.29 is 9.18 Å². The molecule has 92 valence electrons. The fraction of sp³-hybridized carbons (Fsp3) is 0.0769. The van der Waals surface area contributed by atoms with Crippen LogP contribution in [0.4, 0.5) is 15.8 Å². The molecule has 0 saturated carbocycles. The summed E-state index contributed by atoms with van der Waals surface area (Å²) in [6.07, 6.45) is 1.53. The van der Waals surface area contributed by atoms with Gasteiger partial charge in [-0.1, -0.05) is 0 Å². The number of anilines is 2. The van der Waals surface area contributed by atoms with Crippen LogP contribution >= 0.6 is 0 Å². The Morgan fingerprint density at radius 2 is 2.11 bits per heavy atom. The summed E-state index contributed by atoms with van der Waals surface area (Å²) in [6.45, 7) is 1.84. The molecule has 1 aromatic heterocycles. The molecule has 2 aromatic rings. The SMILES string of the molecule is Cc1ccc(NC(=O)c2cc(F)ccc2N)cn1. The van der Waals surface area contributed by atoms with E-state index in [2.05, 4.69) is 10.3 Å². The number of nitrogens with zero attached hydrogens (tertiary/aromatic N) is 1. The molecule has 0 bridgehead atoms. The van der Waals surface area contributed by atoms with Gasteiger partial charge in [0.05, 0.1) is 17.4 Å². The molecule has 5 heteroatoms. The molecule has 4 nitrogen and oxygen atoms in total. The van der Waals surface area contributed by atoms with Crippen molar-refractivity contribution in [3.05, 3.63) is 53.6 Å². The van der Waals surface area contributed by atoms with E-state index in [0.717, 1.165) is 11.8 Å². The molecule has 2 rings (SSSR count). The van der Waals surface area contributed by atoms with Gasteiger partial charge in [-0.15, -0.1) is 0 Å². The molecular weight excluding hydrogens is 233 g/mol. The molecular formula is C13H12FN3O. The van der Waals surface area contributed by atoms with Gasteiger partial charge in [0.1, 0.15) is 5.82 Å². The van der Waals surface area contributed by atoms with E-state index in [1.807, 2.05) is 6.92 Å². The second-order valence-corrected chi connectivity index (χ2v) is 3.87. The van der Waals surface area contributed by atoms with Gasteiger partial charge >= 0.3 is 0 Å². The van der Waals surface area contributed by atoms with E-state index in [4.69, 9.17) is 5.73 Å². The number of amides is 1. The standard InChI is InChI=1S/C13H12FN3O/c1-8-2-4-10(7-16-8)17-13(18)11-6-9(14)3-5-12(11)15/h2-7H,15H2,1H3,(H,17,18). The van der Waals surface area contributed by atoms with Crippen molar-refractivity contribution in [2.75, 3.05) is 11.1 Å². The lowest BCUT2D eigenvalue weighted by Crippen LogP contribution is -2.14. The number of rotatable bonds is 2. The predicted molar refractivity (Wildman–Crippen MR) is 67.7 cm³/mol. The van der Waals surface area contributed by atoms with Crippen molar-refractivity contribution in [2.24, 2.45) is 0 Å². The number of benzene rings is 1. The number of halogens is 1. The third kappa shape index (κ3) is 2.63. The van der Waals surface area contributed by atoms with Crippen LogP contribution in [0, 0.1) is 12.7 Å². The highest BCUT2D eigenvalue weighted by molar-refractivity contribution is 6.07. The van der Waals surface area contributed by atoms with E-state index in [0.29, 0.717) is 5.69 Å². The van der Waals surface area contributed by atoms with Gasteiger partial charge in [0, 0.05) is 11.4 Å². The highest BCUT2D eigenvalue weighted by Gasteiger charge is 2.11. The lowest BCUT2D eigenvalue weighted by molar-refractivity contribution is 0.102. The summed E-state index contributed by atoms with van der Waals surface area (Å²) in [5, 5.41) is 2.61. The first-order valence-electron chi connectivity index (χ1n) is 5.35. The highest BCUT2D eigenvalue weighted by Crippen LogP contribution is 2.15. The molecule has 0 atom stereocenters. The van der Waals surface area contributed by atoms with Gasteiger partial charge in [-0.3, -0.25) is 9.78 Å². The highest BCUT2D eigenvalue weighted by atomic mass is 19.1. The zero-order chi connectivity index (χ0) is 13.1. The summed E-state index contributed by atoms with van der Waals surface area (Å²) in [5.41, 5.74) is 7.34. The Balaban J connectivity index is 2.21. The van der Waals surface area contributed by atoms with Crippen LogP contribution in [0.2, 0.25) is 0 Å². The fourth-order valence-corrected chi connectivity index (χ4v) is 1.47. The molecule has 0 aliphatic heterocycles. The predicted octanol–water partition coefficient (Wildman–Crippen LogP) is 2.36. The third-order valence-electron chi connectivity index (χ3n) is 2.43. The first kappa shape index (κ1) is 12.0. The largest absolute Gasteiger partial charge is 0.398 e. The van der Waals surface area contributed by atoms with E-state index in [1.54, 1.807) is 12.1 Å². The first-order chi connectivity index (χ1) is 8.56. The Kier molecular flexibility index (Phi) is 3.23. The number of nitrogens with one attached hydrogen (secondary N) is 1. The number of hydrogen-bond donors (Lipinski definition) is 2. The zero-order valence-electron chi connectivity index (χ0n) is 9.77. The lowest BCUT2D eigenvalue weighted by Gasteiger charge is -2.07. The van der Waals surface area contributed by atoms with Crippen molar-refractivity contribution in [1.29, 1.82) is 0 Å². The number of carbonyl (C=O) groups is 1. The maximum absolute atomic E-state index is 13.1. The molecule has 1 amide bonds. The van der Waals surface area contributed by atoms with Crippen molar-refractivity contribution in [3.8, 4) is 0 Å². The Labute approximate surface area is 104 Å². The summed E-state index contributed by atoms with van der Waals surface area (Å²) < 4.78 is 13.1. The van der Waals surface area contributed by atoms with Crippen molar-refractivity contribution in [1.82, 2.24) is 4.98 Å². The van der Waals surface area contributed by atoms with Crippen LogP contribution in [-0.4, -0.2) is 10.9 Å².